The molecule has 0 spiro atoms. The molecular weight excluding hydrogens is 304 g/mol. The summed E-state index contributed by atoms with van der Waals surface area (Å²) in [4.78, 5) is 11.3. The molecular formula is C11H13BrN2O4. The van der Waals surface area contributed by atoms with Crippen molar-refractivity contribution in [3.63, 3.8) is 0 Å². The van der Waals surface area contributed by atoms with Crippen molar-refractivity contribution < 1.29 is 20.2 Å². The molecule has 0 heterocycles. The van der Waals surface area contributed by atoms with E-state index >= 15 is 0 Å². The SMILES string of the molecule is O=C(C=NO)Nc1ccccc1C(O)C(O)CBr. The molecule has 0 aliphatic carbocycles. The average molecular weight is 317 g/mol. The molecule has 0 radical (unpaired) electrons. The lowest BCUT2D eigenvalue weighted by Crippen LogP contribution is -2.22. The van der Waals surface area contributed by atoms with Crippen LogP contribution in [0.3, 0.4) is 0 Å². The molecule has 1 amide bonds. The lowest BCUT2D eigenvalue weighted by molar-refractivity contribution is -0.110. The van der Waals surface area contributed by atoms with Crippen LogP contribution in [0.2, 0.25) is 0 Å². The van der Waals surface area contributed by atoms with Gasteiger partial charge >= 0.3 is 0 Å². The maximum atomic E-state index is 11.3. The molecule has 0 aromatic heterocycles. The van der Waals surface area contributed by atoms with Crippen LogP contribution >= 0.6 is 15.9 Å². The summed E-state index contributed by atoms with van der Waals surface area (Å²) in [6.45, 7) is 0. The van der Waals surface area contributed by atoms with Crippen LogP contribution in [0.4, 0.5) is 5.69 Å². The Balaban J connectivity index is 2.95. The molecule has 0 saturated carbocycles. The number of rotatable bonds is 5. The van der Waals surface area contributed by atoms with Crippen molar-refractivity contribution in [2.45, 2.75) is 12.2 Å². The van der Waals surface area contributed by atoms with E-state index in [1.54, 1.807) is 24.3 Å². The van der Waals surface area contributed by atoms with Crippen molar-refractivity contribution in [2.75, 3.05) is 10.6 Å². The third kappa shape index (κ3) is 3.80. The Morgan fingerprint density at radius 1 is 1.44 bits per heavy atom. The van der Waals surface area contributed by atoms with Gasteiger partial charge in [0.1, 0.15) is 12.3 Å². The van der Waals surface area contributed by atoms with E-state index in [1.807, 2.05) is 0 Å². The molecule has 0 saturated heterocycles. The summed E-state index contributed by atoms with van der Waals surface area (Å²) >= 11 is 3.06. The third-order valence-electron chi connectivity index (χ3n) is 2.23. The van der Waals surface area contributed by atoms with Gasteiger partial charge < -0.3 is 20.7 Å². The van der Waals surface area contributed by atoms with Gasteiger partial charge in [0, 0.05) is 16.6 Å². The Hall–Kier alpha value is -1.44. The van der Waals surface area contributed by atoms with Crippen LogP contribution in [0.25, 0.3) is 0 Å². The van der Waals surface area contributed by atoms with Crippen molar-refractivity contribution in [3.8, 4) is 0 Å². The number of aliphatic hydroxyl groups excluding tert-OH is 2. The van der Waals surface area contributed by atoms with Crippen molar-refractivity contribution in [1.82, 2.24) is 0 Å². The number of alkyl halides is 1. The third-order valence-corrected chi connectivity index (χ3v) is 2.90. The predicted octanol–water partition coefficient (Wildman–Crippen LogP) is 0.874. The van der Waals surface area contributed by atoms with Crippen LogP contribution < -0.4 is 5.32 Å². The van der Waals surface area contributed by atoms with Crippen LogP contribution in [-0.4, -0.2) is 39.0 Å². The molecule has 18 heavy (non-hydrogen) atoms. The van der Waals surface area contributed by atoms with Gasteiger partial charge in [0.25, 0.3) is 5.91 Å². The fourth-order valence-corrected chi connectivity index (χ4v) is 1.73. The number of carbonyl (C=O) groups excluding carboxylic acids is 1. The molecule has 1 aromatic carbocycles. The van der Waals surface area contributed by atoms with Crippen LogP contribution in [0.5, 0.6) is 0 Å². The number of halogens is 1. The maximum absolute atomic E-state index is 11.3. The topological polar surface area (TPSA) is 102 Å². The summed E-state index contributed by atoms with van der Waals surface area (Å²) in [6, 6.07) is 6.50. The highest BCUT2D eigenvalue weighted by Crippen LogP contribution is 2.25. The number of oxime groups is 1. The molecule has 4 N–H and O–H groups in total. The lowest BCUT2D eigenvalue weighted by atomic mass is 10.0. The van der Waals surface area contributed by atoms with Gasteiger partial charge in [0.05, 0.1) is 6.10 Å². The number of para-hydroxylation sites is 1. The predicted molar refractivity (Wildman–Crippen MR) is 70.1 cm³/mol. The second-order valence-corrected chi connectivity index (χ2v) is 4.14. The molecule has 7 heteroatoms. The van der Waals surface area contributed by atoms with E-state index < -0.39 is 18.1 Å². The average Bonchev–Trinajstić information content (AvgIpc) is 2.38. The van der Waals surface area contributed by atoms with Crippen molar-refractivity contribution in [1.29, 1.82) is 0 Å². The number of benzene rings is 1. The minimum absolute atomic E-state index is 0.203. The fraction of sp³-hybridized carbons (Fsp3) is 0.273. The highest BCUT2D eigenvalue weighted by Gasteiger charge is 2.20. The highest BCUT2D eigenvalue weighted by molar-refractivity contribution is 9.09. The molecule has 0 bridgehead atoms. The molecule has 6 nitrogen and oxygen atoms in total. The molecule has 0 aliphatic heterocycles. The van der Waals surface area contributed by atoms with E-state index in [0.29, 0.717) is 17.5 Å². The van der Waals surface area contributed by atoms with Crippen molar-refractivity contribution in [2.24, 2.45) is 5.16 Å². The Kier molecular flexibility index (Phi) is 5.76. The summed E-state index contributed by atoms with van der Waals surface area (Å²) in [5, 5.41) is 32.9. The number of hydrogen-bond donors (Lipinski definition) is 4. The summed E-state index contributed by atoms with van der Waals surface area (Å²) in [6.07, 6.45) is -1.43. The Morgan fingerprint density at radius 3 is 2.72 bits per heavy atom. The van der Waals surface area contributed by atoms with Crippen molar-refractivity contribution in [3.05, 3.63) is 29.8 Å². The number of amides is 1. The zero-order valence-corrected chi connectivity index (χ0v) is 10.9. The molecule has 1 rings (SSSR count). The van der Waals surface area contributed by atoms with Crippen LogP contribution in [0.1, 0.15) is 11.7 Å². The molecule has 2 atom stereocenters. The number of anilines is 1. The smallest absolute Gasteiger partial charge is 0.270 e. The fourth-order valence-electron chi connectivity index (χ4n) is 1.38. The van der Waals surface area contributed by atoms with Gasteiger partial charge in [0.2, 0.25) is 0 Å². The Morgan fingerprint density at radius 2 is 2.11 bits per heavy atom. The molecule has 0 aliphatic rings. The van der Waals surface area contributed by atoms with Crippen LogP contribution in [0.15, 0.2) is 29.4 Å². The van der Waals surface area contributed by atoms with Gasteiger partial charge in [-0.25, -0.2) is 0 Å². The second-order valence-electron chi connectivity index (χ2n) is 3.49. The van der Waals surface area contributed by atoms with E-state index in [-0.39, 0.29) is 5.33 Å². The first-order valence-corrected chi connectivity index (χ1v) is 6.21. The van der Waals surface area contributed by atoms with E-state index in [9.17, 15) is 15.0 Å². The summed E-state index contributed by atoms with van der Waals surface area (Å²) in [5.41, 5.74) is 0.721. The first-order valence-electron chi connectivity index (χ1n) is 5.09. The highest BCUT2D eigenvalue weighted by atomic mass is 79.9. The Bertz CT molecular complexity index is 439. The minimum atomic E-state index is -1.13. The van der Waals surface area contributed by atoms with Gasteiger partial charge in [-0.1, -0.05) is 39.3 Å². The number of hydrogen-bond acceptors (Lipinski definition) is 5. The van der Waals surface area contributed by atoms with Gasteiger partial charge in [0.15, 0.2) is 0 Å². The number of nitrogens with zero attached hydrogens (tertiary/aromatic N) is 1. The summed E-state index contributed by atoms with van der Waals surface area (Å²) < 4.78 is 0. The van der Waals surface area contributed by atoms with Gasteiger partial charge in [-0.3, -0.25) is 4.79 Å². The minimum Gasteiger partial charge on any atom is -0.411 e. The standard InChI is InChI=1S/C11H13BrN2O4/c12-5-9(15)11(17)7-3-1-2-4-8(7)14-10(16)6-13-18/h1-4,6,9,11,15,17-18H,5H2,(H,14,16). The Labute approximate surface area is 112 Å². The monoisotopic (exact) mass is 316 g/mol. The molecule has 0 fully saturated rings. The number of nitrogens with one attached hydrogen (secondary N) is 1. The first kappa shape index (κ1) is 14.6. The van der Waals surface area contributed by atoms with Gasteiger partial charge in [-0.05, 0) is 6.07 Å². The van der Waals surface area contributed by atoms with Gasteiger partial charge in [-0.15, -0.1) is 0 Å². The zero-order valence-electron chi connectivity index (χ0n) is 9.32. The van der Waals surface area contributed by atoms with Crippen molar-refractivity contribution >= 4 is 33.7 Å². The number of aliphatic hydroxyl groups is 2. The van der Waals surface area contributed by atoms with Crippen LogP contribution in [-0.2, 0) is 4.79 Å². The molecule has 1 aromatic rings. The molecule has 2 unspecified atom stereocenters. The van der Waals surface area contributed by atoms with E-state index in [2.05, 4.69) is 26.4 Å². The molecule has 98 valence electrons. The number of carbonyl (C=O) groups is 1. The largest absolute Gasteiger partial charge is 0.411 e. The lowest BCUT2D eigenvalue weighted by Gasteiger charge is -2.19. The van der Waals surface area contributed by atoms with Gasteiger partial charge in [-0.2, -0.15) is 0 Å². The van der Waals surface area contributed by atoms with E-state index in [1.165, 1.54) is 0 Å². The van der Waals surface area contributed by atoms with E-state index in [4.69, 9.17) is 5.21 Å². The summed E-state index contributed by atoms with van der Waals surface area (Å²) in [5.74, 6) is -0.634. The zero-order chi connectivity index (χ0) is 13.5. The quantitative estimate of drug-likeness (QED) is 0.280. The summed E-state index contributed by atoms with van der Waals surface area (Å²) in [7, 11) is 0. The maximum Gasteiger partial charge on any atom is 0.270 e. The first-order chi connectivity index (χ1) is 8.60. The second kappa shape index (κ2) is 7.10. The van der Waals surface area contributed by atoms with Crippen LogP contribution in [0, 0.1) is 0 Å². The van der Waals surface area contributed by atoms with E-state index in [0.717, 1.165) is 0 Å². The normalized spacial score (nSPS) is 14.4.